The molecule has 7 nitrogen and oxygen atoms in total. The molecule has 208 valence electrons. The van der Waals surface area contributed by atoms with Crippen LogP contribution in [0.15, 0.2) is 83.8 Å². The molecule has 0 saturated carbocycles. The summed E-state index contributed by atoms with van der Waals surface area (Å²) in [5.41, 5.74) is 1.48. The van der Waals surface area contributed by atoms with Crippen molar-refractivity contribution in [2.45, 2.75) is 64.1 Å². The van der Waals surface area contributed by atoms with Crippen molar-refractivity contribution in [2.24, 2.45) is 0 Å². The molecule has 0 bridgehead atoms. The van der Waals surface area contributed by atoms with Gasteiger partial charge in [0.05, 0.1) is 10.6 Å². The van der Waals surface area contributed by atoms with Crippen molar-refractivity contribution in [3.63, 3.8) is 0 Å². The minimum Gasteiger partial charge on any atom is -0.350 e. The van der Waals surface area contributed by atoms with Crippen molar-refractivity contribution in [3.8, 4) is 0 Å². The average molecular weight is 554 g/mol. The van der Waals surface area contributed by atoms with Crippen LogP contribution in [-0.4, -0.2) is 43.3 Å². The van der Waals surface area contributed by atoms with Crippen LogP contribution in [0.3, 0.4) is 0 Å². The van der Waals surface area contributed by atoms with Crippen molar-refractivity contribution < 1.29 is 22.4 Å². The summed E-state index contributed by atoms with van der Waals surface area (Å²) in [6.07, 6.45) is 0.329. The third-order valence-electron chi connectivity index (χ3n) is 6.08. The van der Waals surface area contributed by atoms with E-state index in [1.807, 2.05) is 65.0 Å². The van der Waals surface area contributed by atoms with E-state index in [2.05, 4.69) is 5.32 Å². The topological polar surface area (TPSA) is 86.8 Å². The number of carbonyl (C=O) groups excluding carboxylic acids is 2. The molecule has 1 N–H and O–H groups in total. The molecule has 0 aromatic heterocycles. The quantitative estimate of drug-likeness (QED) is 0.381. The number of anilines is 1. The predicted octanol–water partition coefficient (Wildman–Crippen LogP) is 5.05. The number of halogens is 1. The van der Waals surface area contributed by atoms with Gasteiger partial charge in [0.2, 0.25) is 11.8 Å². The Bertz CT molecular complexity index is 1370. The Morgan fingerprint density at radius 3 is 2.05 bits per heavy atom. The molecular formula is C30H36FN3O4S. The number of amides is 2. The summed E-state index contributed by atoms with van der Waals surface area (Å²) >= 11 is 0. The number of nitrogens with one attached hydrogen (secondary N) is 1. The second-order valence-corrected chi connectivity index (χ2v) is 12.3. The third-order valence-corrected chi connectivity index (χ3v) is 7.87. The van der Waals surface area contributed by atoms with Gasteiger partial charge in [0.15, 0.2) is 0 Å². The van der Waals surface area contributed by atoms with Crippen LogP contribution in [0.2, 0.25) is 0 Å². The van der Waals surface area contributed by atoms with Gasteiger partial charge in [-0.05, 0) is 76.1 Å². The van der Waals surface area contributed by atoms with E-state index >= 15 is 0 Å². The molecule has 1 unspecified atom stereocenters. The maximum absolute atomic E-state index is 14.0. The van der Waals surface area contributed by atoms with E-state index in [4.69, 9.17) is 0 Å². The molecule has 3 rings (SSSR count). The van der Waals surface area contributed by atoms with E-state index in [0.717, 1.165) is 27.6 Å². The van der Waals surface area contributed by atoms with Crippen molar-refractivity contribution in [1.82, 2.24) is 10.2 Å². The minimum atomic E-state index is -4.25. The molecule has 39 heavy (non-hydrogen) atoms. The number of rotatable bonds is 10. The van der Waals surface area contributed by atoms with Gasteiger partial charge in [0, 0.05) is 12.1 Å². The summed E-state index contributed by atoms with van der Waals surface area (Å²) < 4.78 is 42.1. The fraction of sp³-hybridized carbons (Fsp3) is 0.333. The van der Waals surface area contributed by atoms with Gasteiger partial charge < -0.3 is 10.2 Å². The third kappa shape index (κ3) is 7.89. The summed E-state index contributed by atoms with van der Waals surface area (Å²) in [5, 5.41) is 2.94. The molecule has 0 fully saturated rings. The summed E-state index contributed by atoms with van der Waals surface area (Å²) in [6, 6.07) is 19.6. The lowest BCUT2D eigenvalue weighted by atomic mass is 10.1. The van der Waals surface area contributed by atoms with E-state index in [-0.39, 0.29) is 23.0 Å². The molecule has 0 heterocycles. The first-order valence-electron chi connectivity index (χ1n) is 12.8. The molecule has 0 aliphatic heterocycles. The highest BCUT2D eigenvalue weighted by Gasteiger charge is 2.34. The zero-order chi connectivity index (χ0) is 28.8. The van der Waals surface area contributed by atoms with Crippen LogP contribution >= 0.6 is 0 Å². The van der Waals surface area contributed by atoms with Gasteiger partial charge in [-0.2, -0.15) is 0 Å². The molecule has 0 aliphatic rings. The van der Waals surface area contributed by atoms with Crippen LogP contribution < -0.4 is 9.62 Å². The first kappa shape index (κ1) is 29.8. The Hall–Kier alpha value is -3.72. The summed E-state index contributed by atoms with van der Waals surface area (Å²) in [7, 11) is -4.25. The van der Waals surface area contributed by atoms with Crippen LogP contribution in [0.25, 0.3) is 0 Å². The maximum Gasteiger partial charge on any atom is 0.264 e. The fourth-order valence-electron chi connectivity index (χ4n) is 4.13. The molecule has 2 amide bonds. The summed E-state index contributed by atoms with van der Waals surface area (Å²) in [5.74, 6) is -1.44. The van der Waals surface area contributed by atoms with Crippen molar-refractivity contribution >= 4 is 27.5 Å². The van der Waals surface area contributed by atoms with Crippen molar-refractivity contribution in [3.05, 3.63) is 95.8 Å². The standard InChI is InChI=1S/C30H36FN3O4S/c1-6-27(29(36)32-30(3,4)5)33(20-23-10-8-7-9-11-23)28(35)21-34(25-16-12-22(2)13-17-25)39(37,38)26-18-14-24(31)15-19-26/h7-19,27H,6,20-21H2,1-5H3,(H,32,36). The maximum atomic E-state index is 14.0. The lowest BCUT2D eigenvalue weighted by Crippen LogP contribution is -2.55. The number of benzene rings is 3. The number of hydrogen-bond donors (Lipinski definition) is 1. The highest BCUT2D eigenvalue weighted by molar-refractivity contribution is 7.92. The molecular weight excluding hydrogens is 517 g/mol. The van der Waals surface area contributed by atoms with Crippen LogP contribution in [0.4, 0.5) is 10.1 Å². The Labute approximate surface area is 230 Å². The molecule has 1 atom stereocenters. The summed E-state index contributed by atoms with van der Waals surface area (Å²) in [6.45, 7) is 8.82. The Morgan fingerprint density at radius 2 is 1.51 bits per heavy atom. The fourth-order valence-corrected chi connectivity index (χ4v) is 5.54. The molecule has 3 aromatic carbocycles. The number of aryl methyl sites for hydroxylation is 1. The zero-order valence-electron chi connectivity index (χ0n) is 23.0. The number of hydrogen-bond acceptors (Lipinski definition) is 4. The lowest BCUT2D eigenvalue weighted by molar-refractivity contribution is -0.141. The molecule has 3 aromatic rings. The van der Waals surface area contributed by atoms with Crippen LogP contribution in [0.1, 0.15) is 45.2 Å². The highest BCUT2D eigenvalue weighted by Crippen LogP contribution is 2.25. The first-order chi connectivity index (χ1) is 18.3. The van der Waals surface area contributed by atoms with Gasteiger partial charge in [-0.1, -0.05) is 55.0 Å². The SMILES string of the molecule is CCC(C(=O)NC(C)(C)C)N(Cc1ccccc1)C(=O)CN(c1ccc(C)cc1)S(=O)(=O)c1ccc(F)cc1. The van der Waals surface area contributed by atoms with E-state index in [9.17, 15) is 22.4 Å². The number of nitrogens with zero attached hydrogens (tertiary/aromatic N) is 2. The van der Waals surface area contributed by atoms with Crippen LogP contribution in [0, 0.1) is 12.7 Å². The predicted molar refractivity (Wildman–Crippen MR) is 151 cm³/mol. The minimum absolute atomic E-state index is 0.119. The van der Waals surface area contributed by atoms with Crippen LogP contribution in [0.5, 0.6) is 0 Å². The Balaban J connectivity index is 2.05. The van der Waals surface area contributed by atoms with Gasteiger partial charge in [-0.15, -0.1) is 0 Å². The molecule has 9 heteroatoms. The number of carbonyl (C=O) groups is 2. The average Bonchev–Trinajstić information content (AvgIpc) is 2.87. The zero-order valence-corrected chi connectivity index (χ0v) is 23.8. The van der Waals surface area contributed by atoms with Gasteiger partial charge in [0.1, 0.15) is 18.4 Å². The smallest absolute Gasteiger partial charge is 0.264 e. The van der Waals surface area contributed by atoms with Crippen LogP contribution in [-0.2, 0) is 26.2 Å². The van der Waals surface area contributed by atoms with E-state index in [1.165, 1.54) is 17.0 Å². The second kappa shape index (κ2) is 12.4. The molecule has 0 saturated heterocycles. The van der Waals surface area contributed by atoms with Crippen molar-refractivity contribution in [2.75, 3.05) is 10.8 Å². The normalized spacial score (nSPS) is 12.5. The van der Waals surface area contributed by atoms with Gasteiger partial charge >= 0.3 is 0 Å². The van der Waals surface area contributed by atoms with E-state index in [0.29, 0.717) is 6.42 Å². The highest BCUT2D eigenvalue weighted by atomic mass is 32.2. The molecule has 0 spiro atoms. The van der Waals surface area contributed by atoms with E-state index in [1.54, 1.807) is 24.3 Å². The second-order valence-electron chi connectivity index (χ2n) is 10.5. The molecule has 0 radical (unpaired) electrons. The molecule has 0 aliphatic carbocycles. The van der Waals surface area contributed by atoms with Gasteiger partial charge in [-0.3, -0.25) is 13.9 Å². The Kier molecular flexibility index (Phi) is 9.50. The van der Waals surface area contributed by atoms with Gasteiger partial charge in [0.25, 0.3) is 10.0 Å². The number of sulfonamides is 1. The largest absolute Gasteiger partial charge is 0.350 e. The first-order valence-corrected chi connectivity index (χ1v) is 14.3. The van der Waals surface area contributed by atoms with E-state index < -0.39 is 39.9 Å². The monoisotopic (exact) mass is 553 g/mol. The Morgan fingerprint density at radius 1 is 0.923 bits per heavy atom. The van der Waals surface area contributed by atoms with Gasteiger partial charge in [-0.25, -0.2) is 12.8 Å². The van der Waals surface area contributed by atoms with Crippen molar-refractivity contribution in [1.29, 1.82) is 0 Å². The lowest BCUT2D eigenvalue weighted by Gasteiger charge is -2.34. The summed E-state index contributed by atoms with van der Waals surface area (Å²) in [4.78, 5) is 28.6.